The number of morpholine rings is 1. The van der Waals surface area contributed by atoms with Gasteiger partial charge in [0.25, 0.3) is 11.8 Å². The zero-order chi connectivity index (χ0) is 27.2. The van der Waals surface area contributed by atoms with Gasteiger partial charge in [0.1, 0.15) is 23.1 Å². The van der Waals surface area contributed by atoms with Gasteiger partial charge >= 0.3 is 0 Å². The van der Waals surface area contributed by atoms with Crippen LogP contribution in [0.1, 0.15) is 26.7 Å². The average Bonchev–Trinajstić information content (AvgIpc) is 3.43. The molecule has 2 amide bonds. The van der Waals surface area contributed by atoms with Crippen LogP contribution < -0.4 is 19.7 Å². The van der Waals surface area contributed by atoms with Gasteiger partial charge in [0, 0.05) is 31.7 Å². The maximum absolute atomic E-state index is 13.1. The number of benzene rings is 2. The van der Waals surface area contributed by atoms with E-state index in [1.54, 1.807) is 30.3 Å². The van der Waals surface area contributed by atoms with E-state index < -0.39 is 5.82 Å². The first-order valence-electron chi connectivity index (χ1n) is 12.6. The molecule has 0 spiro atoms. The lowest BCUT2D eigenvalue weighted by Gasteiger charge is -2.29. The third-order valence-corrected chi connectivity index (χ3v) is 6.42. The van der Waals surface area contributed by atoms with Gasteiger partial charge in [-0.2, -0.15) is 0 Å². The molecule has 204 valence electrons. The largest absolute Gasteiger partial charge is 0.485 e. The molecule has 2 aromatic carbocycles. The molecule has 1 saturated heterocycles. The topological polar surface area (TPSA) is 111 Å². The summed E-state index contributed by atoms with van der Waals surface area (Å²) in [4.78, 5) is 41.7. The molecule has 0 atom stereocenters. The zero-order valence-corrected chi connectivity index (χ0v) is 21.2. The van der Waals surface area contributed by atoms with E-state index in [4.69, 9.17) is 18.6 Å². The molecule has 3 aromatic rings. The van der Waals surface area contributed by atoms with Crippen molar-refractivity contribution in [2.75, 3.05) is 57.5 Å². The Balaban J connectivity index is 1.21. The number of carbonyl (C=O) groups excluding carboxylic acids is 3. The van der Waals surface area contributed by atoms with Gasteiger partial charge in [-0.05, 0) is 54.6 Å². The minimum atomic E-state index is -0.402. The standard InChI is InChI=1S/C28H28FN3O7/c29-20-2-4-21(5-3-20)37-17-24(33)19-1-7-25-23(15-19)32(27(34)18-38-25)16-22-6-8-26(39-22)28(35)30-9-10-31-11-13-36-14-12-31/h1-8,15H,9-14,16-18H2,(H,30,35). The van der Waals surface area contributed by atoms with Crippen molar-refractivity contribution in [3.05, 3.63) is 77.5 Å². The molecule has 10 nitrogen and oxygen atoms in total. The first-order chi connectivity index (χ1) is 19.0. The lowest BCUT2D eigenvalue weighted by atomic mass is 10.1. The monoisotopic (exact) mass is 537 g/mol. The number of ketones is 1. The highest BCUT2D eigenvalue weighted by molar-refractivity contribution is 6.02. The van der Waals surface area contributed by atoms with Crippen LogP contribution in [0.15, 0.2) is 59.0 Å². The van der Waals surface area contributed by atoms with Crippen molar-refractivity contribution in [3.63, 3.8) is 0 Å². The lowest BCUT2D eigenvalue weighted by molar-refractivity contribution is -0.121. The van der Waals surface area contributed by atoms with E-state index in [2.05, 4.69) is 10.2 Å². The Bertz CT molecular complexity index is 1340. The van der Waals surface area contributed by atoms with E-state index in [9.17, 15) is 18.8 Å². The maximum atomic E-state index is 13.1. The quantitative estimate of drug-likeness (QED) is 0.393. The number of furan rings is 1. The minimum absolute atomic E-state index is 0.0555. The van der Waals surface area contributed by atoms with Crippen LogP contribution in [0.5, 0.6) is 11.5 Å². The maximum Gasteiger partial charge on any atom is 0.287 e. The molecule has 1 N–H and O–H groups in total. The second-order valence-corrected chi connectivity index (χ2v) is 9.09. The highest BCUT2D eigenvalue weighted by Crippen LogP contribution is 2.34. The van der Waals surface area contributed by atoms with E-state index in [1.807, 2.05) is 0 Å². The second-order valence-electron chi connectivity index (χ2n) is 9.09. The van der Waals surface area contributed by atoms with Crippen molar-refractivity contribution in [2.45, 2.75) is 6.54 Å². The summed E-state index contributed by atoms with van der Waals surface area (Å²) in [5.74, 6) is -0.0179. The predicted octanol–water partition coefficient (Wildman–Crippen LogP) is 2.67. The Hall–Kier alpha value is -4.22. The van der Waals surface area contributed by atoms with Crippen LogP contribution in [-0.4, -0.2) is 75.1 Å². The average molecular weight is 538 g/mol. The smallest absolute Gasteiger partial charge is 0.287 e. The summed E-state index contributed by atoms with van der Waals surface area (Å²) >= 11 is 0. The number of nitrogens with zero attached hydrogens (tertiary/aromatic N) is 2. The van der Waals surface area contributed by atoms with E-state index in [0.717, 1.165) is 19.6 Å². The molecule has 5 rings (SSSR count). The fourth-order valence-electron chi connectivity index (χ4n) is 4.29. The van der Waals surface area contributed by atoms with E-state index in [0.29, 0.717) is 48.3 Å². The summed E-state index contributed by atoms with van der Waals surface area (Å²) < 4.78 is 35.2. The molecule has 2 aliphatic heterocycles. The molecule has 2 aliphatic rings. The van der Waals surface area contributed by atoms with Crippen molar-refractivity contribution in [3.8, 4) is 11.5 Å². The minimum Gasteiger partial charge on any atom is -0.485 e. The van der Waals surface area contributed by atoms with Gasteiger partial charge in [-0.1, -0.05) is 0 Å². The highest BCUT2D eigenvalue weighted by Gasteiger charge is 2.28. The number of ether oxygens (including phenoxy) is 3. The summed E-state index contributed by atoms with van der Waals surface area (Å²) in [7, 11) is 0. The molecule has 3 heterocycles. The van der Waals surface area contributed by atoms with Crippen LogP contribution >= 0.6 is 0 Å². The Labute approximate surface area is 224 Å². The Morgan fingerprint density at radius 3 is 2.62 bits per heavy atom. The van der Waals surface area contributed by atoms with Crippen molar-refractivity contribution in [1.82, 2.24) is 10.2 Å². The van der Waals surface area contributed by atoms with E-state index in [1.165, 1.54) is 29.2 Å². The third-order valence-electron chi connectivity index (χ3n) is 6.42. The molecule has 39 heavy (non-hydrogen) atoms. The van der Waals surface area contributed by atoms with Gasteiger partial charge in [0.2, 0.25) is 0 Å². The van der Waals surface area contributed by atoms with Crippen molar-refractivity contribution in [2.24, 2.45) is 0 Å². The van der Waals surface area contributed by atoms with Crippen LogP contribution in [0.4, 0.5) is 10.1 Å². The SMILES string of the molecule is O=C(COc1ccc(F)cc1)c1ccc2c(c1)N(Cc1ccc(C(=O)NCCN3CCOCC3)o1)C(=O)CO2. The number of nitrogens with one attached hydrogen (secondary N) is 1. The number of rotatable bonds is 10. The Kier molecular flexibility index (Phi) is 8.18. The fraction of sp³-hybridized carbons (Fsp3) is 0.321. The molecule has 0 radical (unpaired) electrons. The highest BCUT2D eigenvalue weighted by atomic mass is 19.1. The molecule has 0 saturated carbocycles. The van der Waals surface area contributed by atoms with Gasteiger partial charge < -0.3 is 23.9 Å². The number of Topliss-reactive ketones (excluding diaryl/α,β-unsaturated/α-hetero) is 1. The number of anilines is 1. The fourth-order valence-corrected chi connectivity index (χ4v) is 4.29. The number of hydrogen-bond acceptors (Lipinski definition) is 8. The second kappa shape index (κ2) is 12.1. The van der Waals surface area contributed by atoms with Crippen molar-refractivity contribution >= 4 is 23.3 Å². The molecule has 11 heteroatoms. The van der Waals surface area contributed by atoms with Gasteiger partial charge in [0.15, 0.2) is 24.8 Å². The molecular formula is C28H28FN3O7. The molecule has 0 bridgehead atoms. The summed E-state index contributed by atoms with van der Waals surface area (Å²) in [5.41, 5.74) is 0.728. The zero-order valence-electron chi connectivity index (χ0n) is 21.2. The molecule has 1 aromatic heterocycles. The lowest BCUT2D eigenvalue weighted by Crippen LogP contribution is -2.41. The van der Waals surface area contributed by atoms with Crippen molar-refractivity contribution < 1.29 is 37.4 Å². The van der Waals surface area contributed by atoms with Gasteiger partial charge in [0.05, 0.1) is 25.4 Å². The third kappa shape index (κ3) is 6.62. The predicted molar refractivity (Wildman–Crippen MR) is 138 cm³/mol. The summed E-state index contributed by atoms with van der Waals surface area (Å²) in [5, 5.41) is 2.85. The first-order valence-corrected chi connectivity index (χ1v) is 12.6. The van der Waals surface area contributed by atoms with Gasteiger partial charge in [-0.3, -0.25) is 24.2 Å². The molecule has 0 unspecified atom stereocenters. The molecule has 1 fully saturated rings. The first kappa shape index (κ1) is 26.4. The van der Waals surface area contributed by atoms with Crippen LogP contribution in [0.3, 0.4) is 0 Å². The number of carbonyl (C=O) groups is 3. The molecular weight excluding hydrogens is 509 g/mol. The summed E-state index contributed by atoms with van der Waals surface area (Å²) in [6, 6.07) is 13.3. The number of amides is 2. The number of fused-ring (bicyclic) bond motifs is 1. The van der Waals surface area contributed by atoms with Crippen LogP contribution in [-0.2, 0) is 16.1 Å². The van der Waals surface area contributed by atoms with E-state index >= 15 is 0 Å². The van der Waals surface area contributed by atoms with Crippen LogP contribution in [0, 0.1) is 5.82 Å². The van der Waals surface area contributed by atoms with E-state index in [-0.39, 0.29) is 43.1 Å². The number of halogens is 1. The van der Waals surface area contributed by atoms with Crippen molar-refractivity contribution in [1.29, 1.82) is 0 Å². The normalized spacial score (nSPS) is 15.4. The van der Waals surface area contributed by atoms with Crippen LogP contribution in [0.25, 0.3) is 0 Å². The van der Waals surface area contributed by atoms with Crippen LogP contribution in [0.2, 0.25) is 0 Å². The Morgan fingerprint density at radius 2 is 1.82 bits per heavy atom. The Morgan fingerprint density at radius 1 is 1.03 bits per heavy atom. The molecule has 0 aliphatic carbocycles. The number of hydrogen-bond donors (Lipinski definition) is 1. The van der Waals surface area contributed by atoms with Gasteiger partial charge in [-0.25, -0.2) is 4.39 Å². The summed E-state index contributed by atoms with van der Waals surface area (Å²) in [6.07, 6.45) is 0. The summed E-state index contributed by atoms with van der Waals surface area (Å²) in [6.45, 7) is 3.89. The van der Waals surface area contributed by atoms with Gasteiger partial charge in [-0.15, -0.1) is 0 Å².